The number of aryl methyl sites for hydroxylation is 1. The van der Waals surface area contributed by atoms with Crippen molar-refractivity contribution >= 4 is 5.91 Å². The zero-order valence-electron chi connectivity index (χ0n) is 15.1. The third-order valence-electron chi connectivity index (χ3n) is 5.11. The molecule has 8 heteroatoms. The summed E-state index contributed by atoms with van der Waals surface area (Å²) in [7, 11) is 3.99. The zero-order chi connectivity index (χ0) is 18.1. The fraction of sp³-hybridized carbons (Fsp3) is 0.556. The van der Waals surface area contributed by atoms with Crippen molar-refractivity contribution in [3.8, 4) is 0 Å². The van der Waals surface area contributed by atoms with Gasteiger partial charge in [-0.3, -0.25) is 14.4 Å². The van der Waals surface area contributed by atoms with Gasteiger partial charge in [0.25, 0.3) is 5.91 Å². The maximum absolute atomic E-state index is 12.4. The van der Waals surface area contributed by atoms with Gasteiger partial charge in [-0.05, 0) is 26.0 Å². The van der Waals surface area contributed by atoms with Gasteiger partial charge in [0.2, 0.25) is 0 Å². The lowest BCUT2D eigenvalue weighted by atomic mass is 10.0. The molecular formula is C18H24N6O2. The summed E-state index contributed by atoms with van der Waals surface area (Å²) in [6, 6.07) is 2.04. The summed E-state index contributed by atoms with van der Waals surface area (Å²) in [6.07, 6.45) is 7.16. The molecule has 2 aromatic heterocycles. The second-order valence-corrected chi connectivity index (χ2v) is 7.03. The van der Waals surface area contributed by atoms with Crippen molar-refractivity contribution in [2.24, 2.45) is 7.05 Å². The number of aromatic nitrogens is 4. The molecule has 1 N–H and O–H groups in total. The van der Waals surface area contributed by atoms with Gasteiger partial charge in [0.15, 0.2) is 0 Å². The molecule has 4 rings (SSSR count). The van der Waals surface area contributed by atoms with Crippen molar-refractivity contribution in [3.05, 3.63) is 41.7 Å². The number of nitrogens with zero attached hydrogens (tertiary/aromatic N) is 5. The number of hydrogen-bond acceptors (Lipinski definition) is 6. The van der Waals surface area contributed by atoms with Crippen LogP contribution in [0.3, 0.4) is 0 Å². The Hall–Kier alpha value is -2.32. The molecule has 1 amide bonds. The van der Waals surface area contributed by atoms with E-state index < -0.39 is 0 Å². The number of hydrogen-bond donors (Lipinski definition) is 1. The molecule has 8 nitrogen and oxygen atoms in total. The lowest BCUT2D eigenvalue weighted by Gasteiger charge is -2.39. The van der Waals surface area contributed by atoms with Crippen molar-refractivity contribution < 1.29 is 9.53 Å². The molecule has 0 bridgehead atoms. The first-order valence-corrected chi connectivity index (χ1v) is 9.03. The van der Waals surface area contributed by atoms with Gasteiger partial charge in [0, 0.05) is 44.6 Å². The highest BCUT2D eigenvalue weighted by atomic mass is 16.5. The molecule has 0 spiro atoms. The number of ether oxygens (including phenoxy) is 1. The summed E-state index contributed by atoms with van der Waals surface area (Å²) in [6.45, 7) is 1.91. The minimum Gasteiger partial charge on any atom is -0.373 e. The molecule has 1 saturated heterocycles. The van der Waals surface area contributed by atoms with Crippen LogP contribution in [-0.2, 0) is 11.8 Å². The predicted molar refractivity (Wildman–Crippen MR) is 94.7 cm³/mol. The largest absolute Gasteiger partial charge is 0.373 e. The van der Waals surface area contributed by atoms with Crippen molar-refractivity contribution in [1.29, 1.82) is 0 Å². The lowest BCUT2D eigenvalue weighted by molar-refractivity contribution is -0.0629. The van der Waals surface area contributed by atoms with Crippen LogP contribution in [0.15, 0.2) is 24.7 Å². The van der Waals surface area contributed by atoms with Crippen LogP contribution in [0, 0.1) is 0 Å². The van der Waals surface area contributed by atoms with Gasteiger partial charge in [0.05, 0.1) is 30.0 Å². The fourth-order valence-electron chi connectivity index (χ4n) is 3.43. The van der Waals surface area contributed by atoms with Gasteiger partial charge < -0.3 is 10.1 Å². The van der Waals surface area contributed by atoms with Crippen molar-refractivity contribution in [1.82, 2.24) is 30.0 Å². The molecule has 0 aromatic carbocycles. The third-order valence-corrected chi connectivity index (χ3v) is 5.11. The van der Waals surface area contributed by atoms with E-state index in [0.717, 1.165) is 30.9 Å². The highest BCUT2D eigenvalue weighted by Gasteiger charge is 2.33. The number of carbonyl (C=O) groups is 1. The molecule has 3 heterocycles. The summed E-state index contributed by atoms with van der Waals surface area (Å²) >= 11 is 0. The summed E-state index contributed by atoms with van der Waals surface area (Å²) < 4.78 is 7.81. The molecule has 2 aliphatic rings. The topological polar surface area (TPSA) is 85.2 Å². The lowest BCUT2D eigenvalue weighted by Crippen LogP contribution is -2.48. The molecule has 1 aliphatic carbocycles. The Morgan fingerprint density at radius 2 is 2.08 bits per heavy atom. The molecule has 1 aliphatic heterocycles. The average molecular weight is 356 g/mol. The number of nitrogens with one attached hydrogen (secondary N) is 1. The molecule has 138 valence electrons. The smallest absolute Gasteiger partial charge is 0.254 e. The van der Waals surface area contributed by atoms with Crippen LogP contribution in [0.5, 0.6) is 0 Å². The van der Waals surface area contributed by atoms with Gasteiger partial charge in [-0.1, -0.05) is 0 Å². The Morgan fingerprint density at radius 1 is 1.31 bits per heavy atom. The van der Waals surface area contributed by atoms with Crippen LogP contribution in [0.2, 0.25) is 0 Å². The van der Waals surface area contributed by atoms with Crippen LogP contribution in [0.25, 0.3) is 0 Å². The number of amides is 1. The standard InChI is InChI=1S/C18H24N6O2/c1-23-7-8-26-15(16(23)14-5-6-22-24(14)2)11-21-18(25)13-9-19-17(20-10-13)12-3-4-12/h5-6,9-10,12,15-16H,3-4,7-8,11H2,1-2H3,(H,21,25)/t15-,16-/m0/s1. The van der Waals surface area contributed by atoms with E-state index in [4.69, 9.17) is 4.74 Å². The van der Waals surface area contributed by atoms with E-state index in [9.17, 15) is 4.79 Å². The Morgan fingerprint density at radius 3 is 2.73 bits per heavy atom. The monoisotopic (exact) mass is 356 g/mol. The number of morpholine rings is 1. The minimum absolute atomic E-state index is 0.0463. The maximum atomic E-state index is 12.4. The molecule has 2 fully saturated rings. The molecule has 2 aromatic rings. The van der Waals surface area contributed by atoms with Gasteiger partial charge in [0.1, 0.15) is 5.82 Å². The molecule has 2 atom stereocenters. The van der Waals surface area contributed by atoms with Crippen LogP contribution in [-0.4, -0.2) is 63.4 Å². The maximum Gasteiger partial charge on any atom is 0.254 e. The third kappa shape index (κ3) is 3.47. The van der Waals surface area contributed by atoms with E-state index in [1.54, 1.807) is 18.6 Å². The predicted octanol–water partition coefficient (Wildman–Crippen LogP) is 0.889. The van der Waals surface area contributed by atoms with Gasteiger partial charge >= 0.3 is 0 Å². The highest BCUT2D eigenvalue weighted by molar-refractivity contribution is 5.93. The van der Waals surface area contributed by atoms with Crippen LogP contribution < -0.4 is 5.32 Å². The van der Waals surface area contributed by atoms with E-state index in [-0.39, 0.29) is 18.1 Å². The van der Waals surface area contributed by atoms with Gasteiger partial charge in [-0.2, -0.15) is 5.10 Å². The van der Waals surface area contributed by atoms with E-state index in [0.29, 0.717) is 24.6 Å². The van der Waals surface area contributed by atoms with E-state index in [1.165, 1.54) is 0 Å². The van der Waals surface area contributed by atoms with Crippen LogP contribution in [0.4, 0.5) is 0 Å². The number of carbonyl (C=O) groups excluding carboxylic acids is 1. The first kappa shape index (κ1) is 17.1. The zero-order valence-corrected chi connectivity index (χ0v) is 15.1. The Bertz CT molecular complexity index is 770. The van der Waals surface area contributed by atoms with Gasteiger partial charge in [-0.15, -0.1) is 0 Å². The SMILES string of the molecule is CN1CCO[C@@H](CNC(=O)c2cnc(C3CC3)nc2)[C@@H]1c1ccnn1C. The molecule has 1 saturated carbocycles. The van der Waals surface area contributed by atoms with Gasteiger partial charge in [-0.25, -0.2) is 9.97 Å². The van der Waals surface area contributed by atoms with Crippen LogP contribution in [0.1, 0.15) is 46.7 Å². The molecule has 0 radical (unpaired) electrons. The van der Waals surface area contributed by atoms with E-state index in [2.05, 4.69) is 32.3 Å². The second kappa shape index (κ2) is 7.13. The first-order valence-electron chi connectivity index (χ1n) is 9.03. The van der Waals surface area contributed by atoms with E-state index in [1.807, 2.05) is 17.8 Å². The molecular weight excluding hydrogens is 332 g/mol. The average Bonchev–Trinajstić information content (AvgIpc) is 3.42. The quantitative estimate of drug-likeness (QED) is 0.856. The van der Waals surface area contributed by atoms with E-state index >= 15 is 0 Å². The normalized spacial score (nSPS) is 23.8. The highest BCUT2D eigenvalue weighted by Crippen LogP contribution is 2.37. The Balaban J connectivity index is 1.41. The molecule has 0 unspecified atom stereocenters. The van der Waals surface area contributed by atoms with Crippen molar-refractivity contribution in [2.75, 3.05) is 26.7 Å². The second-order valence-electron chi connectivity index (χ2n) is 7.03. The van der Waals surface area contributed by atoms with Crippen molar-refractivity contribution in [2.45, 2.75) is 30.9 Å². The summed E-state index contributed by atoms with van der Waals surface area (Å²) in [5.74, 6) is 1.15. The minimum atomic E-state index is -0.173. The van der Waals surface area contributed by atoms with Crippen molar-refractivity contribution in [3.63, 3.8) is 0 Å². The summed E-state index contributed by atoms with van der Waals surface area (Å²) in [5.41, 5.74) is 1.55. The Labute approximate surface area is 152 Å². The first-order chi connectivity index (χ1) is 12.6. The number of rotatable bonds is 5. The summed E-state index contributed by atoms with van der Waals surface area (Å²) in [5, 5.41) is 7.23. The van der Waals surface area contributed by atoms with Crippen LogP contribution >= 0.6 is 0 Å². The Kier molecular flexibility index (Phi) is 4.69. The number of likely N-dealkylation sites (N-methyl/N-ethyl adjacent to an activating group) is 1. The fourth-order valence-corrected chi connectivity index (χ4v) is 3.43. The molecule has 26 heavy (non-hydrogen) atoms. The summed E-state index contributed by atoms with van der Waals surface area (Å²) in [4.78, 5) is 23.3.